The fourth-order valence-corrected chi connectivity index (χ4v) is 3.64. The van der Waals surface area contributed by atoms with Gasteiger partial charge in [0.1, 0.15) is 0 Å². The Labute approximate surface area is 119 Å². The van der Waals surface area contributed by atoms with Crippen LogP contribution in [0.25, 0.3) is 0 Å². The molecule has 0 N–H and O–H groups in total. The van der Waals surface area contributed by atoms with E-state index in [0.717, 1.165) is 13.1 Å². The van der Waals surface area contributed by atoms with Gasteiger partial charge in [0, 0.05) is 45.0 Å². The molecule has 0 aliphatic carbocycles. The molecule has 19 heavy (non-hydrogen) atoms. The van der Waals surface area contributed by atoms with Gasteiger partial charge in [0.25, 0.3) is 0 Å². The molecule has 8 heteroatoms. The third-order valence-electron chi connectivity index (χ3n) is 2.97. The lowest BCUT2D eigenvalue weighted by Gasteiger charge is -2.29. The lowest BCUT2D eigenvalue weighted by atomic mass is 10.4. The Bertz CT molecular complexity index is 390. The van der Waals surface area contributed by atoms with Crippen molar-refractivity contribution in [3.05, 3.63) is 0 Å². The van der Waals surface area contributed by atoms with Gasteiger partial charge in [0.2, 0.25) is 10.0 Å². The summed E-state index contributed by atoms with van der Waals surface area (Å²) in [6.45, 7) is 4.32. The fourth-order valence-electron chi connectivity index (χ4n) is 1.87. The number of alkyl halides is 1. The van der Waals surface area contributed by atoms with E-state index in [1.165, 1.54) is 4.31 Å². The lowest BCUT2D eigenvalue weighted by Crippen LogP contribution is -2.44. The van der Waals surface area contributed by atoms with Gasteiger partial charge in [-0.1, -0.05) is 0 Å². The lowest BCUT2D eigenvalue weighted by molar-refractivity contribution is 0.0363. The van der Waals surface area contributed by atoms with Gasteiger partial charge in [-0.15, -0.1) is 11.6 Å². The number of ether oxygens (including phenoxy) is 1. The first-order valence-corrected chi connectivity index (χ1v) is 8.45. The Hall–Kier alpha value is -0.390. The number of hydrogen-bond acceptors (Lipinski definition) is 5. The highest BCUT2D eigenvalue weighted by atomic mass is 35.5. The molecule has 0 bridgehead atoms. The van der Waals surface area contributed by atoms with Crippen LogP contribution in [0.15, 0.2) is 0 Å². The largest absolute Gasteiger partial charge is 0.379 e. The van der Waals surface area contributed by atoms with Gasteiger partial charge in [-0.05, 0) is 0 Å². The predicted octanol–water partition coefficient (Wildman–Crippen LogP) is 0.103. The summed E-state index contributed by atoms with van der Waals surface area (Å²) in [6.07, 6.45) is 0.199. The van der Waals surface area contributed by atoms with Crippen molar-refractivity contribution in [2.75, 3.05) is 57.6 Å². The number of rotatable bonds is 8. The standard InChI is InChI=1S/C11H20ClN3O3S/c12-2-11-19(16,17)15(4-1-3-13)6-5-14-7-9-18-10-8-14/h1-2,4-11H2. The number of sulfonamides is 1. The normalized spacial score (nSPS) is 17.5. The Morgan fingerprint density at radius 1 is 1.32 bits per heavy atom. The summed E-state index contributed by atoms with van der Waals surface area (Å²) >= 11 is 5.52. The third kappa shape index (κ3) is 6.06. The first kappa shape index (κ1) is 16.7. The molecule has 0 aromatic rings. The fraction of sp³-hybridized carbons (Fsp3) is 0.909. The van der Waals surface area contributed by atoms with E-state index in [1.807, 2.05) is 6.07 Å². The quantitative estimate of drug-likeness (QED) is 0.595. The zero-order chi connectivity index (χ0) is 14.1. The Balaban J connectivity index is 2.51. The monoisotopic (exact) mass is 309 g/mol. The molecule has 0 aromatic carbocycles. The molecule has 1 saturated heterocycles. The minimum Gasteiger partial charge on any atom is -0.379 e. The molecule has 1 rings (SSSR count). The summed E-state index contributed by atoms with van der Waals surface area (Å²) in [5.41, 5.74) is 0. The van der Waals surface area contributed by atoms with Crippen LogP contribution in [0, 0.1) is 11.3 Å². The summed E-state index contributed by atoms with van der Waals surface area (Å²) in [6, 6.07) is 1.98. The van der Waals surface area contributed by atoms with Gasteiger partial charge in [0.05, 0.1) is 25.0 Å². The average Bonchev–Trinajstić information content (AvgIpc) is 2.39. The van der Waals surface area contributed by atoms with E-state index in [-0.39, 0.29) is 24.6 Å². The van der Waals surface area contributed by atoms with Crippen LogP contribution in [-0.4, -0.2) is 75.2 Å². The van der Waals surface area contributed by atoms with Crippen molar-refractivity contribution in [1.29, 1.82) is 5.26 Å². The maximum absolute atomic E-state index is 12.0. The molecular formula is C11H20ClN3O3S. The Morgan fingerprint density at radius 3 is 2.58 bits per heavy atom. The maximum atomic E-state index is 12.0. The number of nitrogens with zero attached hydrogens (tertiary/aromatic N) is 3. The van der Waals surface area contributed by atoms with Crippen molar-refractivity contribution in [3.63, 3.8) is 0 Å². The van der Waals surface area contributed by atoms with Crippen LogP contribution in [0.3, 0.4) is 0 Å². The molecule has 1 heterocycles. The van der Waals surface area contributed by atoms with E-state index in [1.54, 1.807) is 0 Å². The van der Waals surface area contributed by atoms with Crippen molar-refractivity contribution < 1.29 is 13.2 Å². The second-order valence-electron chi connectivity index (χ2n) is 4.27. The van der Waals surface area contributed by atoms with E-state index < -0.39 is 10.0 Å². The minimum atomic E-state index is -3.35. The van der Waals surface area contributed by atoms with Crippen LogP contribution in [0.1, 0.15) is 6.42 Å². The van der Waals surface area contributed by atoms with E-state index >= 15 is 0 Å². The first-order chi connectivity index (χ1) is 9.10. The second-order valence-corrected chi connectivity index (χ2v) is 6.73. The maximum Gasteiger partial charge on any atom is 0.215 e. The molecule has 110 valence electrons. The average molecular weight is 310 g/mol. The molecule has 0 amide bonds. The van der Waals surface area contributed by atoms with Crippen LogP contribution in [0.5, 0.6) is 0 Å². The zero-order valence-electron chi connectivity index (χ0n) is 10.9. The summed E-state index contributed by atoms with van der Waals surface area (Å²) in [7, 11) is -3.35. The van der Waals surface area contributed by atoms with Gasteiger partial charge in [-0.3, -0.25) is 4.90 Å². The van der Waals surface area contributed by atoms with E-state index in [9.17, 15) is 8.42 Å². The molecule has 1 fully saturated rings. The predicted molar refractivity (Wildman–Crippen MR) is 73.6 cm³/mol. The van der Waals surface area contributed by atoms with E-state index in [2.05, 4.69) is 4.90 Å². The Morgan fingerprint density at radius 2 is 2.00 bits per heavy atom. The number of hydrogen-bond donors (Lipinski definition) is 0. The number of halogens is 1. The molecule has 0 radical (unpaired) electrons. The first-order valence-electron chi connectivity index (χ1n) is 6.31. The topological polar surface area (TPSA) is 73.6 Å². The summed E-state index contributed by atoms with van der Waals surface area (Å²) in [5, 5.41) is 8.60. The molecule has 0 spiro atoms. The van der Waals surface area contributed by atoms with Crippen LogP contribution in [0.2, 0.25) is 0 Å². The van der Waals surface area contributed by atoms with Crippen molar-refractivity contribution in [1.82, 2.24) is 9.21 Å². The Kier molecular flexibility index (Phi) is 7.64. The molecule has 6 nitrogen and oxygen atoms in total. The second kappa shape index (κ2) is 8.72. The highest BCUT2D eigenvalue weighted by Crippen LogP contribution is 2.05. The molecule has 1 aliphatic rings. The smallest absolute Gasteiger partial charge is 0.215 e. The van der Waals surface area contributed by atoms with Crippen LogP contribution < -0.4 is 0 Å². The van der Waals surface area contributed by atoms with E-state index in [4.69, 9.17) is 21.6 Å². The van der Waals surface area contributed by atoms with Gasteiger partial charge in [0.15, 0.2) is 0 Å². The summed E-state index contributed by atoms with van der Waals surface area (Å²) in [5.74, 6) is -0.00790. The minimum absolute atomic E-state index is 0.0724. The van der Waals surface area contributed by atoms with Crippen LogP contribution >= 0.6 is 11.6 Å². The van der Waals surface area contributed by atoms with Crippen LogP contribution in [-0.2, 0) is 14.8 Å². The zero-order valence-corrected chi connectivity index (χ0v) is 12.5. The summed E-state index contributed by atoms with van der Waals surface area (Å²) < 4.78 is 30.6. The molecule has 0 aromatic heterocycles. The highest BCUT2D eigenvalue weighted by molar-refractivity contribution is 7.89. The molecule has 0 unspecified atom stereocenters. The van der Waals surface area contributed by atoms with Gasteiger partial charge < -0.3 is 4.74 Å². The van der Waals surface area contributed by atoms with Crippen molar-refractivity contribution in [2.24, 2.45) is 0 Å². The van der Waals surface area contributed by atoms with Gasteiger partial charge in [-0.2, -0.15) is 9.57 Å². The number of nitriles is 1. The SMILES string of the molecule is N#CCCN(CCN1CCOCC1)S(=O)(=O)CCCl. The van der Waals surface area contributed by atoms with Crippen molar-refractivity contribution in [2.45, 2.75) is 6.42 Å². The molecule has 0 atom stereocenters. The molecular weight excluding hydrogens is 290 g/mol. The number of morpholine rings is 1. The molecule has 0 saturated carbocycles. The van der Waals surface area contributed by atoms with Crippen molar-refractivity contribution in [3.8, 4) is 6.07 Å². The van der Waals surface area contributed by atoms with Gasteiger partial charge >= 0.3 is 0 Å². The van der Waals surface area contributed by atoms with Crippen molar-refractivity contribution >= 4 is 21.6 Å². The molecule has 1 aliphatic heterocycles. The van der Waals surface area contributed by atoms with Gasteiger partial charge in [-0.25, -0.2) is 8.42 Å². The summed E-state index contributed by atoms with van der Waals surface area (Å²) in [4.78, 5) is 2.17. The van der Waals surface area contributed by atoms with Crippen LogP contribution in [0.4, 0.5) is 0 Å². The highest BCUT2D eigenvalue weighted by Gasteiger charge is 2.22. The van der Waals surface area contributed by atoms with E-state index in [0.29, 0.717) is 26.3 Å². The third-order valence-corrected chi connectivity index (χ3v) is 5.26.